The van der Waals surface area contributed by atoms with Crippen molar-refractivity contribution in [2.75, 3.05) is 38.2 Å². The van der Waals surface area contributed by atoms with Crippen molar-refractivity contribution in [3.63, 3.8) is 0 Å². The summed E-state index contributed by atoms with van der Waals surface area (Å²) in [6.07, 6.45) is 0. The zero-order valence-electron chi connectivity index (χ0n) is 16.7. The van der Waals surface area contributed by atoms with Crippen LogP contribution in [0.15, 0.2) is 51.7 Å². The number of nitrogens with zero attached hydrogens (tertiary/aromatic N) is 2. The van der Waals surface area contributed by atoms with Gasteiger partial charge in [0, 0.05) is 49.9 Å². The predicted octanol–water partition coefficient (Wildman–Crippen LogP) is 3.74. The van der Waals surface area contributed by atoms with Crippen LogP contribution in [0.2, 0.25) is 0 Å². The van der Waals surface area contributed by atoms with E-state index < -0.39 is 0 Å². The van der Waals surface area contributed by atoms with Gasteiger partial charge in [0.25, 0.3) is 0 Å². The fourth-order valence-electron chi connectivity index (χ4n) is 3.81. The first-order valence-corrected chi connectivity index (χ1v) is 9.69. The zero-order chi connectivity index (χ0) is 19.7. The number of rotatable bonds is 4. The van der Waals surface area contributed by atoms with Crippen LogP contribution in [0.5, 0.6) is 5.75 Å². The normalized spacial score (nSPS) is 15.2. The maximum Gasteiger partial charge on any atom is 0.336 e. The molecule has 5 heteroatoms. The third-order valence-electron chi connectivity index (χ3n) is 5.65. The van der Waals surface area contributed by atoms with Gasteiger partial charge in [-0.05, 0) is 66.9 Å². The van der Waals surface area contributed by atoms with Gasteiger partial charge in [-0.25, -0.2) is 4.79 Å². The van der Waals surface area contributed by atoms with Crippen molar-refractivity contribution < 1.29 is 9.15 Å². The SMILES string of the molecule is COc1ccc(N2CCN(Cc3cc(=O)oc4cc(C)c(C)cc34)CC2)cc1. The summed E-state index contributed by atoms with van der Waals surface area (Å²) in [7, 11) is 1.68. The molecule has 0 amide bonds. The van der Waals surface area contributed by atoms with Gasteiger partial charge < -0.3 is 14.1 Å². The number of ether oxygens (including phenoxy) is 1. The molecule has 5 nitrogen and oxygen atoms in total. The highest BCUT2D eigenvalue weighted by atomic mass is 16.5. The molecule has 2 heterocycles. The highest BCUT2D eigenvalue weighted by Crippen LogP contribution is 2.24. The molecule has 146 valence electrons. The number of benzene rings is 2. The van der Waals surface area contributed by atoms with Gasteiger partial charge in [0.15, 0.2) is 0 Å². The second kappa shape index (κ2) is 7.68. The summed E-state index contributed by atoms with van der Waals surface area (Å²) in [5, 5.41) is 1.04. The van der Waals surface area contributed by atoms with E-state index >= 15 is 0 Å². The van der Waals surface area contributed by atoms with Crippen LogP contribution >= 0.6 is 0 Å². The minimum Gasteiger partial charge on any atom is -0.497 e. The van der Waals surface area contributed by atoms with E-state index in [0.29, 0.717) is 5.58 Å². The Kier molecular flexibility index (Phi) is 5.09. The van der Waals surface area contributed by atoms with E-state index in [4.69, 9.17) is 9.15 Å². The Labute approximate surface area is 165 Å². The summed E-state index contributed by atoms with van der Waals surface area (Å²) < 4.78 is 10.7. The molecule has 1 fully saturated rings. The molecule has 3 aromatic rings. The Hall–Kier alpha value is -2.79. The summed E-state index contributed by atoms with van der Waals surface area (Å²) in [5.74, 6) is 0.878. The summed E-state index contributed by atoms with van der Waals surface area (Å²) in [6, 6.07) is 14.0. The first-order valence-electron chi connectivity index (χ1n) is 9.69. The average Bonchev–Trinajstić information content (AvgIpc) is 2.70. The van der Waals surface area contributed by atoms with Gasteiger partial charge in [0.05, 0.1) is 7.11 Å². The van der Waals surface area contributed by atoms with Crippen molar-refractivity contribution in [1.82, 2.24) is 4.90 Å². The molecule has 0 N–H and O–H groups in total. The lowest BCUT2D eigenvalue weighted by Crippen LogP contribution is -2.46. The quantitative estimate of drug-likeness (QED) is 0.647. The molecule has 1 aliphatic heterocycles. The number of hydrogen-bond donors (Lipinski definition) is 0. The number of aryl methyl sites for hydroxylation is 2. The van der Waals surface area contributed by atoms with E-state index in [1.165, 1.54) is 11.3 Å². The molecule has 0 atom stereocenters. The molecule has 0 spiro atoms. The van der Waals surface area contributed by atoms with Gasteiger partial charge in [-0.1, -0.05) is 0 Å². The molecule has 0 saturated carbocycles. The number of anilines is 1. The van der Waals surface area contributed by atoms with E-state index in [2.05, 4.69) is 34.9 Å². The van der Waals surface area contributed by atoms with Crippen LogP contribution in [0.1, 0.15) is 16.7 Å². The minimum absolute atomic E-state index is 0.275. The summed E-state index contributed by atoms with van der Waals surface area (Å²) in [4.78, 5) is 16.8. The fourth-order valence-corrected chi connectivity index (χ4v) is 3.81. The third kappa shape index (κ3) is 3.76. The Morgan fingerprint density at radius 2 is 1.64 bits per heavy atom. The summed E-state index contributed by atoms with van der Waals surface area (Å²) in [6.45, 7) is 8.74. The predicted molar refractivity (Wildman–Crippen MR) is 112 cm³/mol. The van der Waals surface area contributed by atoms with Crippen LogP contribution in [-0.4, -0.2) is 38.2 Å². The molecule has 2 aromatic carbocycles. The lowest BCUT2D eigenvalue weighted by Gasteiger charge is -2.36. The maximum absolute atomic E-state index is 12.0. The minimum atomic E-state index is -0.275. The van der Waals surface area contributed by atoms with Gasteiger partial charge in [0.2, 0.25) is 0 Å². The van der Waals surface area contributed by atoms with Crippen LogP contribution in [0, 0.1) is 13.8 Å². The van der Waals surface area contributed by atoms with E-state index in [1.54, 1.807) is 13.2 Å². The molecule has 1 aliphatic rings. The van der Waals surface area contributed by atoms with Crippen molar-refractivity contribution >= 4 is 16.7 Å². The van der Waals surface area contributed by atoms with Crippen molar-refractivity contribution in [1.29, 1.82) is 0 Å². The van der Waals surface area contributed by atoms with E-state index in [9.17, 15) is 4.79 Å². The number of piperazine rings is 1. The largest absolute Gasteiger partial charge is 0.497 e. The standard InChI is InChI=1S/C23H26N2O3/c1-16-12-21-18(14-23(26)28-22(21)13-17(16)2)15-24-8-10-25(11-9-24)19-4-6-20(27-3)7-5-19/h4-7,12-14H,8-11,15H2,1-3H3. The number of hydrogen-bond acceptors (Lipinski definition) is 5. The van der Waals surface area contributed by atoms with Crippen LogP contribution in [0.25, 0.3) is 11.0 Å². The topological polar surface area (TPSA) is 45.9 Å². The van der Waals surface area contributed by atoms with E-state index in [1.807, 2.05) is 25.1 Å². The Balaban J connectivity index is 1.49. The lowest BCUT2D eigenvalue weighted by molar-refractivity contribution is 0.250. The summed E-state index contributed by atoms with van der Waals surface area (Å²) >= 11 is 0. The first kappa shape index (κ1) is 18.6. The van der Waals surface area contributed by atoms with Gasteiger partial charge in [-0.15, -0.1) is 0 Å². The van der Waals surface area contributed by atoms with E-state index in [0.717, 1.165) is 55.0 Å². The molecule has 0 unspecified atom stereocenters. The van der Waals surface area contributed by atoms with Crippen LogP contribution < -0.4 is 15.3 Å². The number of methoxy groups -OCH3 is 1. The highest BCUT2D eigenvalue weighted by molar-refractivity contribution is 5.81. The second-order valence-corrected chi connectivity index (χ2v) is 7.48. The Bertz CT molecular complexity index is 1030. The van der Waals surface area contributed by atoms with Crippen molar-refractivity contribution in [3.05, 3.63) is 69.6 Å². The Morgan fingerprint density at radius 3 is 2.32 bits per heavy atom. The zero-order valence-corrected chi connectivity index (χ0v) is 16.7. The fraction of sp³-hybridized carbons (Fsp3) is 0.348. The smallest absolute Gasteiger partial charge is 0.336 e. The second-order valence-electron chi connectivity index (χ2n) is 7.48. The van der Waals surface area contributed by atoms with Crippen LogP contribution in [-0.2, 0) is 6.54 Å². The molecule has 1 aromatic heterocycles. The van der Waals surface area contributed by atoms with E-state index in [-0.39, 0.29) is 5.63 Å². The highest BCUT2D eigenvalue weighted by Gasteiger charge is 2.19. The monoisotopic (exact) mass is 378 g/mol. The van der Waals surface area contributed by atoms with Gasteiger partial charge in [0.1, 0.15) is 11.3 Å². The molecule has 28 heavy (non-hydrogen) atoms. The van der Waals surface area contributed by atoms with Crippen LogP contribution in [0.4, 0.5) is 5.69 Å². The van der Waals surface area contributed by atoms with Crippen LogP contribution in [0.3, 0.4) is 0 Å². The van der Waals surface area contributed by atoms with Crippen molar-refractivity contribution in [2.45, 2.75) is 20.4 Å². The van der Waals surface area contributed by atoms with Crippen molar-refractivity contribution in [2.24, 2.45) is 0 Å². The molecule has 0 aliphatic carbocycles. The molecule has 4 rings (SSSR count). The van der Waals surface area contributed by atoms with Gasteiger partial charge in [-0.3, -0.25) is 4.90 Å². The maximum atomic E-state index is 12.0. The molecule has 1 saturated heterocycles. The lowest BCUT2D eigenvalue weighted by atomic mass is 10.0. The third-order valence-corrected chi connectivity index (χ3v) is 5.65. The molecule has 0 radical (unpaired) electrons. The average molecular weight is 378 g/mol. The van der Waals surface area contributed by atoms with Crippen molar-refractivity contribution in [3.8, 4) is 5.75 Å². The molecular formula is C23H26N2O3. The molecule has 0 bridgehead atoms. The van der Waals surface area contributed by atoms with Gasteiger partial charge in [-0.2, -0.15) is 0 Å². The molecular weight excluding hydrogens is 352 g/mol. The van der Waals surface area contributed by atoms with Gasteiger partial charge >= 0.3 is 5.63 Å². The first-order chi connectivity index (χ1) is 13.5. The number of fused-ring (bicyclic) bond motifs is 1. The summed E-state index contributed by atoms with van der Waals surface area (Å²) in [5.41, 5.74) is 5.03. The Morgan fingerprint density at radius 1 is 0.964 bits per heavy atom.